The molecule has 2 aromatic rings. The lowest BCUT2D eigenvalue weighted by molar-refractivity contribution is -0.840. The van der Waals surface area contributed by atoms with Crippen LogP contribution < -0.4 is 10.9 Å². The second-order valence-electron chi connectivity index (χ2n) is 5.84. The average Bonchev–Trinajstić information content (AvgIpc) is 2.45. The molecule has 0 fully saturated rings. The van der Waals surface area contributed by atoms with Crippen molar-refractivity contribution >= 4 is 33.6 Å². The summed E-state index contributed by atoms with van der Waals surface area (Å²) in [6.45, 7) is 0.148. The van der Waals surface area contributed by atoms with Crippen LogP contribution in [0.5, 0.6) is 0 Å². The van der Waals surface area contributed by atoms with Crippen molar-refractivity contribution in [3.63, 3.8) is 0 Å². The van der Waals surface area contributed by atoms with Gasteiger partial charge in [0.1, 0.15) is 0 Å². The normalized spacial score (nSPS) is 14.8. The number of hydrogen-bond acceptors (Lipinski definition) is 6. The molecule has 0 amide bonds. The first-order valence-corrected chi connectivity index (χ1v) is 8.44. The van der Waals surface area contributed by atoms with Crippen molar-refractivity contribution in [3.8, 4) is 0 Å². The summed E-state index contributed by atoms with van der Waals surface area (Å²) in [4.78, 5) is 12.3. The van der Waals surface area contributed by atoms with E-state index in [1.165, 1.54) is 26.4 Å². The minimum absolute atomic E-state index is 0. The monoisotopic (exact) mass is 372 g/mol. The van der Waals surface area contributed by atoms with Crippen LogP contribution in [0.1, 0.15) is 0 Å². The number of rotatable bonds is 3. The number of fused-ring (bicyclic) bond motifs is 2. The quantitative estimate of drug-likeness (QED) is 0.546. The van der Waals surface area contributed by atoms with Crippen LogP contribution in [-0.4, -0.2) is 43.5 Å². The Morgan fingerprint density at radius 3 is 2.58 bits per heavy atom. The molecule has 0 aliphatic carbocycles. The largest absolute Gasteiger partial charge is 0.633 e. The minimum atomic E-state index is -3.93. The van der Waals surface area contributed by atoms with Crippen molar-refractivity contribution in [2.45, 2.75) is 16.3 Å². The summed E-state index contributed by atoms with van der Waals surface area (Å²) in [6, 6.07) is 6.37. The maximum atomic E-state index is 12.7. The number of hydroxylamine groups is 3. The van der Waals surface area contributed by atoms with E-state index in [0.717, 1.165) is 4.68 Å². The number of halogens is 1. The van der Waals surface area contributed by atoms with Gasteiger partial charge in [0.05, 0.1) is 49.7 Å². The van der Waals surface area contributed by atoms with Crippen LogP contribution >= 0.6 is 12.4 Å². The van der Waals surface area contributed by atoms with E-state index < -0.39 is 20.0 Å². The Balaban J connectivity index is 0.00000208. The van der Waals surface area contributed by atoms with Gasteiger partial charge in [-0.2, -0.15) is 5.10 Å². The smallest absolute Gasteiger partial charge is 0.288 e. The standard InChI is InChI=1S/C14H16N4O4S.ClH/c1-18(2,20)8-7-17-14(19)13-11(9-15-17)16-10-5-3-4-6-12(10)23(13,21)22;/h3-6,9,16H,7-8H2,1-2H3;1H. The molecule has 1 aromatic heterocycles. The highest BCUT2D eigenvalue weighted by Gasteiger charge is 2.33. The number of para-hydroxylation sites is 1. The van der Waals surface area contributed by atoms with Crippen LogP contribution in [-0.2, 0) is 16.4 Å². The molecule has 0 saturated heterocycles. The number of hydrogen-bond donors (Lipinski definition) is 1. The lowest BCUT2D eigenvalue weighted by Crippen LogP contribution is -2.39. The van der Waals surface area contributed by atoms with E-state index in [2.05, 4.69) is 10.4 Å². The molecule has 0 saturated carbocycles. The van der Waals surface area contributed by atoms with Crippen LogP contribution in [0.2, 0.25) is 0 Å². The Morgan fingerprint density at radius 1 is 1.25 bits per heavy atom. The van der Waals surface area contributed by atoms with Crippen LogP contribution in [0.25, 0.3) is 0 Å². The Labute approximate surface area is 145 Å². The summed E-state index contributed by atoms with van der Waals surface area (Å²) in [5.41, 5.74) is -0.157. The SMILES string of the molecule is C[N+](C)([O-])CCn1ncc2c(c1=O)S(=O)(=O)c1ccccc1N2.Cl. The van der Waals surface area contributed by atoms with Crippen LogP contribution in [0.4, 0.5) is 11.4 Å². The number of aromatic nitrogens is 2. The number of anilines is 2. The third kappa shape index (κ3) is 3.16. The van der Waals surface area contributed by atoms with Gasteiger partial charge < -0.3 is 15.2 Å². The van der Waals surface area contributed by atoms with Crippen LogP contribution in [0, 0.1) is 5.21 Å². The maximum absolute atomic E-state index is 12.7. The zero-order valence-electron chi connectivity index (χ0n) is 13.1. The van der Waals surface area contributed by atoms with E-state index in [4.69, 9.17) is 0 Å². The number of nitrogens with one attached hydrogen (secondary N) is 1. The molecular weight excluding hydrogens is 356 g/mol. The van der Waals surface area contributed by atoms with Crippen molar-refractivity contribution in [2.24, 2.45) is 0 Å². The van der Waals surface area contributed by atoms with Gasteiger partial charge in [-0.1, -0.05) is 12.1 Å². The first kappa shape index (κ1) is 18.4. The first-order chi connectivity index (χ1) is 10.7. The van der Waals surface area contributed by atoms with E-state index in [9.17, 15) is 18.4 Å². The molecule has 0 spiro atoms. The molecule has 1 aromatic carbocycles. The molecule has 0 atom stereocenters. The van der Waals surface area contributed by atoms with Gasteiger partial charge in [-0.05, 0) is 12.1 Å². The Bertz CT molecular complexity index is 935. The third-order valence-electron chi connectivity index (χ3n) is 3.56. The van der Waals surface area contributed by atoms with Gasteiger partial charge in [0.15, 0.2) is 4.90 Å². The topological polar surface area (TPSA) is 104 Å². The molecule has 0 unspecified atom stereocenters. The summed E-state index contributed by atoms with van der Waals surface area (Å²) < 4.78 is 25.9. The van der Waals surface area contributed by atoms with E-state index in [1.54, 1.807) is 18.2 Å². The van der Waals surface area contributed by atoms with Gasteiger partial charge in [-0.15, -0.1) is 12.4 Å². The number of sulfone groups is 1. The van der Waals surface area contributed by atoms with Gasteiger partial charge in [0.2, 0.25) is 9.84 Å². The number of benzene rings is 1. The fraction of sp³-hybridized carbons (Fsp3) is 0.286. The molecule has 10 heteroatoms. The highest BCUT2D eigenvalue weighted by Crippen LogP contribution is 2.36. The number of likely N-dealkylation sites (N-methyl/N-ethyl adjacent to an activating group) is 1. The Morgan fingerprint density at radius 2 is 1.92 bits per heavy atom. The second-order valence-corrected chi connectivity index (χ2v) is 7.69. The minimum Gasteiger partial charge on any atom is -0.633 e. The predicted octanol–water partition coefficient (Wildman–Crippen LogP) is 1.13. The molecule has 1 aliphatic heterocycles. The van der Waals surface area contributed by atoms with Crippen molar-refractivity contribution in [2.75, 3.05) is 26.0 Å². The third-order valence-corrected chi connectivity index (χ3v) is 5.43. The van der Waals surface area contributed by atoms with Gasteiger partial charge in [0.25, 0.3) is 5.56 Å². The molecule has 24 heavy (non-hydrogen) atoms. The summed E-state index contributed by atoms with van der Waals surface area (Å²) in [5, 5.41) is 18.5. The van der Waals surface area contributed by atoms with Gasteiger partial charge in [0, 0.05) is 0 Å². The molecule has 8 nitrogen and oxygen atoms in total. The molecule has 1 N–H and O–H groups in total. The van der Waals surface area contributed by atoms with Crippen molar-refractivity contribution in [1.29, 1.82) is 0 Å². The fourth-order valence-electron chi connectivity index (χ4n) is 2.37. The van der Waals surface area contributed by atoms with E-state index in [0.29, 0.717) is 5.69 Å². The van der Waals surface area contributed by atoms with Crippen molar-refractivity contribution < 1.29 is 13.1 Å². The summed E-state index contributed by atoms with van der Waals surface area (Å²) in [6.07, 6.45) is 1.30. The zero-order chi connectivity index (χ0) is 16.8. The first-order valence-electron chi connectivity index (χ1n) is 6.95. The lowest BCUT2D eigenvalue weighted by atomic mass is 10.3. The summed E-state index contributed by atoms with van der Waals surface area (Å²) in [7, 11) is -1.04. The Hall–Kier alpha value is -1.94. The second kappa shape index (κ2) is 6.17. The molecule has 0 radical (unpaired) electrons. The van der Waals surface area contributed by atoms with Crippen LogP contribution in [0.15, 0.2) is 45.0 Å². The van der Waals surface area contributed by atoms with E-state index in [-0.39, 0.29) is 41.0 Å². The summed E-state index contributed by atoms with van der Waals surface area (Å²) in [5.74, 6) is 0. The molecule has 1 aliphatic rings. The predicted molar refractivity (Wildman–Crippen MR) is 91.3 cm³/mol. The molecule has 130 valence electrons. The number of nitrogens with zero attached hydrogens (tertiary/aromatic N) is 3. The molecular formula is C14H17ClN4O4S. The van der Waals surface area contributed by atoms with Crippen LogP contribution in [0.3, 0.4) is 0 Å². The molecule has 3 rings (SSSR count). The van der Waals surface area contributed by atoms with Gasteiger partial charge in [-0.25, -0.2) is 13.1 Å². The van der Waals surface area contributed by atoms with E-state index in [1.807, 2.05) is 0 Å². The average molecular weight is 373 g/mol. The lowest BCUT2D eigenvalue weighted by Gasteiger charge is -2.33. The van der Waals surface area contributed by atoms with Crippen molar-refractivity contribution in [3.05, 3.63) is 46.0 Å². The highest BCUT2D eigenvalue weighted by molar-refractivity contribution is 7.92. The van der Waals surface area contributed by atoms with Gasteiger partial charge >= 0.3 is 0 Å². The highest BCUT2D eigenvalue weighted by atomic mass is 35.5. The Kier molecular flexibility index (Phi) is 4.73. The molecule has 2 heterocycles. The molecule has 0 bridgehead atoms. The van der Waals surface area contributed by atoms with Gasteiger partial charge in [-0.3, -0.25) is 4.79 Å². The maximum Gasteiger partial charge on any atom is 0.288 e. The summed E-state index contributed by atoms with van der Waals surface area (Å²) >= 11 is 0. The fourth-order valence-corrected chi connectivity index (χ4v) is 3.99. The zero-order valence-corrected chi connectivity index (χ0v) is 14.7. The number of quaternary nitrogens is 1. The van der Waals surface area contributed by atoms with Crippen molar-refractivity contribution in [1.82, 2.24) is 9.78 Å². The van der Waals surface area contributed by atoms with E-state index >= 15 is 0 Å².